The third-order valence-electron chi connectivity index (χ3n) is 8.57. The van der Waals surface area contributed by atoms with Crippen molar-refractivity contribution in [2.45, 2.75) is 53.9 Å². The predicted molar refractivity (Wildman–Crippen MR) is 176 cm³/mol. The minimum absolute atomic E-state index is 0. The number of para-hydroxylation sites is 1. The van der Waals surface area contributed by atoms with Gasteiger partial charge in [0.1, 0.15) is 0 Å². The Morgan fingerprint density at radius 3 is 2.16 bits per heavy atom. The molecule has 1 radical (unpaired) electrons. The minimum atomic E-state index is -0.0935. The molecule has 43 heavy (non-hydrogen) atoms. The summed E-state index contributed by atoms with van der Waals surface area (Å²) in [5.74, 6) is 0. The first-order valence-corrected chi connectivity index (χ1v) is 14.6. The molecule has 217 valence electrons. The fourth-order valence-electron chi connectivity index (χ4n) is 6.31. The van der Waals surface area contributed by atoms with E-state index in [-0.39, 0.29) is 25.5 Å². The first kappa shape index (κ1) is 30.5. The number of hydrogen-bond donors (Lipinski definition) is 0. The van der Waals surface area contributed by atoms with Gasteiger partial charge in [-0.15, -0.1) is 69.3 Å². The summed E-state index contributed by atoms with van der Waals surface area (Å²) in [7, 11) is 0. The maximum absolute atomic E-state index is 5.15. The Kier molecular flexibility index (Phi) is 8.52. The van der Waals surface area contributed by atoms with Gasteiger partial charge >= 0.3 is 0 Å². The van der Waals surface area contributed by atoms with Crippen LogP contribution in [-0.4, -0.2) is 9.97 Å². The quantitative estimate of drug-likeness (QED) is 0.166. The Hall–Kier alpha value is -3.91. The molecule has 0 fully saturated rings. The van der Waals surface area contributed by atoms with Crippen LogP contribution in [0.1, 0.15) is 52.8 Å². The Bertz CT molecular complexity index is 1910. The van der Waals surface area contributed by atoms with Gasteiger partial charge in [-0.25, -0.2) is 0 Å². The van der Waals surface area contributed by atoms with Gasteiger partial charge in [-0.05, 0) is 45.8 Å². The van der Waals surface area contributed by atoms with Crippen LogP contribution in [0.5, 0.6) is 0 Å². The summed E-state index contributed by atoms with van der Waals surface area (Å²) in [6.45, 7) is 15.2. The third-order valence-corrected chi connectivity index (χ3v) is 8.57. The van der Waals surface area contributed by atoms with E-state index in [1.54, 1.807) is 0 Å². The van der Waals surface area contributed by atoms with Crippen LogP contribution in [0, 0.1) is 46.8 Å². The maximum atomic E-state index is 5.15. The van der Waals surface area contributed by atoms with Crippen LogP contribution in [-0.2, 0) is 25.5 Å². The van der Waals surface area contributed by atoms with Crippen LogP contribution in [0.2, 0.25) is 0 Å². The zero-order chi connectivity index (χ0) is 29.6. The average molecular weight is 737 g/mol. The van der Waals surface area contributed by atoms with Crippen molar-refractivity contribution in [3.05, 3.63) is 142 Å². The molecule has 2 aromatic heterocycles. The zero-order valence-corrected chi connectivity index (χ0v) is 28.3. The number of aryl methyl sites for hydroxylation is 4. The molecular weight excluding hydrogens is 701 g/mol. The van der Waals surface area contributed by atoms with Crippen LogP contribution in [0.4, 0.5) is 0 Å². The van der Waals surface area contributed by atoms with Crippen molar-refractivity contribution in [2.24, 2.45) is 0 Å². The molecular formula is C40H36IrN2-2. The molecule has 0 atom stereocenters. The van der Waals surface area contributed by atoms with Crippen molar-refractivity contribution in [2.75, 3.05) is 0 Å². The summed E-state index contributed by atoms with van der Waals surface area (Å²) in [4.78, 5) is 9.48. The first-order chi connectivity index (χ1) is 20.1. The molecule has 0 unspecified atom stereocenters. The van der Waals surface area contributed by atoms with E-state index in [4.69, 9.17) is 4.98 Å². The van der Waals surface area contributed by atoms with Crippen LogP contribution < -0.4 is 0 Å². The van der Waals surface area contributed by atoms with Gasteiger partial charge in [-0.3, -0.25) is 4.98 Å². The fraction of sp³-hybridized carbons (Fsp3) is 0.200. The monoisotopic (exact) mass is 737 g/mol. The Balaban J connectivity index is 0.000000197. The van der Waals surface area contributed by atoms with Crippen molar-refractivity contribution in [3.8, 4) is 33.6 Å². The number of rotatable bonds is 2. The molecule has 0 N–H and O–H groups in total. The van der Waals surface area contributed by atoms with Gasteiger partial charge in [-0.1, -0.05) is 103 Å². The molecule has 0 saturated carbocycles. The number of hydrogen-bond acceptors (Lipinski definition) is 2. The van der Waals surface area contributed by atoms with Gasteiger partial charge in [0.2, 0.25) is 0 Å². The van der Waals surface area contributed by atoms with Crippen molar-refractivity contribution >= 4 is 10.9 Å². The number of fused-ring (bicyclic) bond motifs is 5. The maximum Gasteiger partial charge on any atom is 0.0601 e. The van der Waals surface area contributed by atoms with E-state index >= 15 is 0 Å². The van der Waals surface area contributed by atoms with Gasteiger partial charge in [0, 0.05) is 37.1 Å². The van der Waals surface area contributed by atoms with Crippen molar-refractivity contribution in [1.82, 2.24) is 9.97 Å². The van der Waals surface area contributed by atoms with Crippen molar-refractivity contribution in [3.63, 3.8) is 0 Å². The zero-order valence-electron chi connectivity index (χ0n) is 25.9. The topological polar surface area (TPSA) is 25.8 Å². The van der Waals surface area contributed by atoms with E-state index in [0.29, 0.717) is 0 Å². The van der Waals surface area contributed by atoms with Crippen LogP contribution in [0.3, 0.4) is 0 Å². The average Bonchev–Trinajstić information content (AvgIpc) is 3.23. The van der Waals surface area contributed by atoms with E-state index in [9.17, 15) is 0 Å². The van der Waals surface area contributed by atoms with E-state index in [1.807, 2.05) is 24.4 Å². The molecule has 6 aromatic rings. The molecule has 4 aromatic carbocycles. The molecule has 0 saturated heterocycles. The number of pyridine rings is 2. The second-order valence-electron chi connectivity index (χ2n) is 12.0. The first-order valence-electron chi connectivity index (χ1n) is 14.6. The Labute approximate surface area is 269 Å². The molecule has 0 amide bonds. The Morgan fingerprint density at radius 2 is 1.44 bits per heavy atom. The SMILES string of the molecule is Cc1[c-]c(-c2ccccn2)cc(C)c1C.Cc1[c-]c(-c2nc3ccccc3c3c2C(C)(C)c2ccccc2-3)cc(C)c1.[Ir]. The fourth-order valence-corrected chi connectivity index (χ4v) is 6.31. The minimum Gasteiger partial charge on any atom is -0.305 e. The molecule has 7 rings (SSSR count). The number of aromatic nitrogens is 2. The molecule has 0 spiro atoms. The largest absolute Gasteiger partial charge is 0.305 e. The number of nitrogens with zero attached hydrogens (tertiary/aromatic N) is 2. The van der Waals surface area contributed by atoms with Gasteiger partial charge in [0.25, 0.3) is 0 Å². The molecule has 0 aliphatic heterocycles. The van der Waals surface area contributed by atoms with Gasteiger partial charge in [0.05, 0.1) is 5.52 Å². The molecule has 2 nitrogen and oxygen atoms in total. The second kappa shape index (κ2) is 12.0. The molecule has 1 aliphatic carbocycles. The van der Waals surface area contributed by atoms with Crippen LogP contribution in [0.15, 0.2) is 91.1 Å². The molecule has 2 heterocycles. The van der Waals surface area contributed by atoms with Crippen molar-refractivity contribution < 1.29 is 20.1 Å². The summed E-state index contributed by atoms with van der Waals surface area (Å²) >= 11 is 0. The standard InChI is InChI=1S/C26H22N.C14H14N.Ir/c1-16-13-17(2)15-18(14-16)25-24-23(20-10-6-8-12-22(20)27-25)19-9-5-7-11-21(19)26(24,3)4;1-10-8-13(9-11(2)12(10)3)14-6-4-5-7-15-14;/h5-14H,1-4H3;4-8H,1-3H3;/q2*-1;. The van der Waals surface area contributed by atoms with Gasteiger partial charge in [0.15, 0.2) is 0 Å². The van der Waals surface area contributed by atoms with E-state index < -0.39 is 0 Å². The molecule has 0 bridgehead atoms. The van der Waals surface area contributed by atoms with Gasteiger partial charge < -0.3 is 4.98 Å². The molecule has 3 heteroatoms. The number of benzene rings is 4. The smallest absolute Gasteiger partial charge is 0.0601 e. The van der Waals surface area contributed by atoms with E-state index in [1.165, 1.54) is 49.9 Å². The summed E-state index contributed by atoms with van der Waals surface area (Å²) < 4.78 is 0. The summed E-state index contributed by atoms with van der Waals surface area (Å²) in [5.41, 5.74) is 16.8. The second-order valence-corrected chi connectivity index (χ2v) is 12.0. The Morgan fingerprint density at radius 1 is 0.721 bits per heavy atom. The van der Waals surface area contributed by atoms with Crippen LogP contribution in [0.25, 0.3) is 44.5 Å². The normalized spacial score (nSPS) is 12.5. The van der Waals surface area contributed by atoms with Crippen LogP contribution >= 0.6 is 0 Å². The summed E-state index contributed by atoms with van der Waals surface area (Å²) in [6.07, 6.45) is 1.81. The third kappa shape index (κ3) is 5.60. The van der Waals surface area contributed by atoms with E-state index in [2.05, 4.69) is 132 Å². The summed E-state index contributed by atoms with van der Waals surface area (Å²) in [5, 5.41) is 1.23. The van der Waals surface area contributed by atoms with E-state index in [0.717, 1.165) is 33.6 Å². The molecule has 1 aliphatic rings. The predicted octanol–water partition coefficient (Wildman–Crippen LogP) is 10.1. The van der Waals surface area contributed by atoms with Gasteiger partial charge in [-0.2, -0.15) is 0 Å². The summed E-state index contributed by atoms with van der Waals surface area (Å²) in [6, 6.07) is 36.7. The van der Waals surface area contributed by atoms with Crippen molar-refractivity contribution in [1.29, 1.82) is 0 Å².